The number of hydrogen-bond donors (Lipinski definition) is 1. The largest absolute Gasteiger partial charge is 0.486 e. The van der Waals surface area contributed by atoms with E-state index in [1.165, 1.54) is 4.90 Å². The van der Waals surface area contributed by atoms with Crippen LogP contribution >= 0.6 is 11.8 Å². The van der Waals surface area contributed by atoms with Crippen molar-refractivity contribution in [2.75, 3.05) is 24.8 Å². The van der Waals surface area contributed by atoms with Crippen molar-refractivity contribution in [2.45, 2.75) is 17.2 Å². The molecule has 2 heterocycles. The minimum absolute atomic E-state index is 0.0353. The summed E-state index contributed by atoms with van der Waals surface area (Å²) in [5.41, 5.74) is 3.06. The molecule has 0 saturated heterocycles. The van der Waals surface area contributed by atoms with Crippen molar-refractivity contribution in [1.29, 1.82) is 0 Å². The van der Waals surface area contributed by atoms with Crippen molar-refractivity contribution in [2.24, 2.45) is 0 Å². The van der Waals surface area contributed by atoms with Gasteiger partial charge < -0.3 is 14.8 Å². The van der Waals surface area contributed by atoms with E-state index in [1.54, 1.807) is 11.8 Å². The van der Waals surface area contributed by atoms with Gasteiger partial charge in [-0.05, 0) is 35.6 Å². The molecule has 2 aromatic carbocycles. The van der Waals surface area contributed by atoms with Gasteiger partial charge in [-0.3, -0.25) is 4.79 Å². The van der Waals surface area contributed by atoms with E-state index in [4.69, 9.17) is 9.47 Å². The molecule has 118 valence electrons. The van der Waals surface area contributed by atoms with E-state index in [0.717, 1.165) is 22.6 Å². The Morgan fingerprint density at radius 3 is 2.48 bits per heavy atom. The fraction of sp³-hybridized carbons (Fsp3) is 0.278. The summed E-state index contributed by atoms with van der Waals surface area (Å²) < 4.78 is 11.3. The van der Waals surface area contributed by atoms with Crippen molar-refractivity contribution in [3.63, 3.8) is 0 Å². The highest BCUT2D eigenvalue weighted by Gasteiger charge is 2.29. The molecule has 0 saturated carbocycles. The van der Waals surface area contributed by atoms with Crippen LogP contribution in [0, 0.1) is 0 Å². The molecule has 1 amide bonds. The summed E-state index contributed by atoms with van der Waals surface area (Å²) in [5, 5.41) is 2.95. The summed E-state index contributed by atoms with van der Waals surface area (Å²) in [6.45, 7) is 1.10. The van der Waals surface area contributed by atoms with Gasteiger partial charge >= 0.3 is 0 Å². The van der Waals surface area contributed by atoms with Crippen LogP contribution in [0.3, 0.4) is 0 Å². The average Bonchev–Trinajstić information content (AvgIpc) is 2.59. The van der Waals surface area contributed by atoms with Gasteiger partial charge in [-0.1, -0.05) is 12.1 Å². The van der Waals surface area contributed by atoms with Crippen LogP contribution in [0.4, 0.5) is 5.69 Å². The lowest BCUT2D eigenvalue weighted by Gasteiger charge is -2.29. The van der Waals surface area contributed by atoms with Crippen molar-refractivity contribution < 1.29 is 14.3 Å². The van der Waals surface area contributed by atoms with Crippen molar-refractivity contribution >= 4 is 23.4 Å². The molecular weight excluding hydrogens is 310 g/mol. The van der Waals surface area contributed by atoms with Gasteiger partial charge in [0.15, 0.2) is 11.5 Å². The zero-order chi connectivity index (χ0) is 15.8. The second-order valence-corrected chi connectivity index (χ2v) is 6.54. The normalized spacial score (nSPS) is 19.0. The lowest BCUT2D eigenvalue weighted by atomic mass is 9.84. The SMILES string of the molecule is CSc1ccc([C@@H]2CC(=O)Nc3cc4c(cc32)OCCO4)cc1. The van der Waals surface area contributed by atoms with Crippen LogP contribution in [0.25, 0.3) is 0 Å². The summed E-state index contributed by atoms with van der Waals surface area (Å²) in [5.74, 6) is 1.55. The van der Waals surface area contributed by atoms with Gasteiger partial charge in [0.25, 0.3) is 0 Å². The van der Waals surface area contributed by atoms with Gasteiger partial charge in [0.2, 0.25) is 5.91 Å². The molecule has 4 rings (SSSR count). The third-order valence-electron chi connectivity index (χ3n) is 4.27. The van der Waals surface area contributed by atoms with Crippen LogP contribution in [-0.2, 0) is 4.79 Å². The molecule has 23 heavy (non-hydrogen) atoms. The molecule has 0 spiro atoms. The Kier molecular flexibility index (Phi) is 3.65. The first-order chi connectivity index (χ1) is 11.2. The topological polar surface area (TPSA) is 47.6 Å². The minimum atomic E-state index is 0.0353. The predicted octanol–water partition coefficient (Wildman–Crippen LogP) is 3.65. The Bertz CT molecular complexity index is 758. The summed E-state index contributed by atoms with van der Waals surface area (Å²) in [6.07, 6.45) is 2.51. The second kappa shape index (κ2) is 5.81. The maximum absolute atomic E-state index is 12.1. The maximum Gasteiger partial charge on any atom is 0.225 e. The number of hydrogen-bond acceptors (Lipinski definition) is 4. The van der Waals surface area contributed by atoms with Gasteiger partial charge in [-0.15, -0.1) is 11.8 Å². The fourth-order valence-electron chi connectivity index (χ4n) is 3.13. The summed E-state index contributed by atoms with van der Waals surface area (Å²) >= 11 is 1.71. The first kappa shape index (κ1) is 14.5. The van der Waals surface area contributed by atoms with Crippen LogP contribution in [-0.4, -0.2) is 25.4 Å². The molecule has 2 aromatic rings. The molecule has 1 N–H and O–H groups in total. The Labute approximate surface area is 139 Å². The predicted molar refractivity (Wildman–Crippen MR) is 90.7 cm³/mol. The monoisotopic (exact) mass is 327 g/mol. The third kappa shape index (κ3) is 2.65. The molecule has 0 unspecified atom stereocenters. The number of carbonyl (C=O) groups excluding carboxylic acids is 1. The van der Waals surface area contributed by atoms with Crippen LogP contribution in [0.5, 0.6) is 11.5 Å². The highest BCUT2D eigenvalue weighted by atomic mass is 32.2. The number of nitrogens with one attached hydrogen (secondary N) is 1. The van der Waals surface area contributed by atoms with E-state index in [0.29, 0.717) is 25.4 Å². The van der Waals surface area contributed by atoms with Crippen molar-refractivity contribution in [1.82, 2.24) is 0 Å². The molecular formula is C18H17NO3S. The van der Waals surface area contributed by atoms with E-state index >= 15 is 0 Å². The molecule has 0 radical (unpaired) electrons. The molecule has 0 aromatic heterocycles. The number of rotatable bonds is 2. The molecule has 4 nitrogen and oxygen atoms in total. The number of ether oxygens (including phenoxy) is 2. The van der Waals surface area contributed by atoms with Gasteiger partial charge in [0, 0.05) is 29.0 Å². The number of amides is 1. The second-order valence-electron chi connectivity index (χ2n) is 5.66. The molecule has 0 aliphatic carbocycles. The standard InChI is InChI=1S/C18H17NO3S/c1-23-12-4-2-11(3-5-12)13-9-18(20)19-15-10-17-16(8-14(13)15)21-6-7-22-17/h2-5,8,10,13H,6-7,9H2,1H3,(H,19,20)/t13-/m0/s1. The zero-order valence-electron chi connectivity index (χ0n) is 12.8. The van der Waals surface area contributed by atoms with Crippen molar-refractivity contribution in [3.8, 4) is 11.5 Å². The van der Waals surface area contributed by atoms with E-state index in [1.807, 2.05) is 12.1 Å². The Morgan fingerprint density at radius 1 is 1.09 bits per heavy atom. The average molecular weight is 327 g/mol. The number of fused-ring (bicyclic) bond motifs is 2. The van der Waals surface area contributed by atoms with Gasteiger partial charge in [-0.2, -0.15) is 0 Å². The number of thioether (sulfide) groups is 1. The molecule has 5 heteroatoms. The number of anilines is 1. The minimum Gasteiger partial charge on any atom is -0.486 e. The van der Waals surface area contributed by atoms with Gasteiger partial charge in [-0.25, -0.2) is 0 Å². The lowest BCUT2D eigenvalue weighted by molar-refractivity contribution is -0.116. The zero-order valence-corrected chi connectivity index (χ0v) is 13.6. The Balaban J connectivity index is 1.78. The first-order valence-corrected chi connectivity index (χ1v) is 8.84. The third-order valence-corrected chi connectivity index (χ3v) is 5.02. The first-order valence-electron chi connectivity index (χ1n) is 7.62. The number of benzene rings is 2. The molecule has 0 fully saturated rings. The maximum atomic E-state index is 12.1. The van der Waals surface area contributed by atoms with E-state index in [-0.39, 0.29) is 11.8 Å². The molecule has 0 bridgehead atoms. The molecule has 2 aliphatic rings. The highest BCUT2D eigenvalue weighted by Crippen LogP contribution is 2.44. The molecule has 1 atom stereocenters. The lowest BCUT2D eigenvalue weighted by Crippen LogP contribution is -2.24. The van der Waals surface area contributed by atoms with Crippen LogP contribution in [0.2, 0.25) is 0 Å². The summed E-state index contributed by atoms with van der Waals surface area (Å²) in [7, 11) is 0. The van der Waals surface area contributed by atoms with Crippen LogP contribution < -0.4 is 14.8 Å². The van der Waals surface area contributed by atoms with Crippen LogP contribution in [0.15, 0.2) is 41.3 Å². The Hall–Kier alpha value is -2.14. The number of carbonyl (C=O) groups is 1. The van der Waals surface area contributed by atoms with Crippen molar-refractivity contribution in [3.05, 3.63) is 47.5 Å². The van der Waals surface area contributed by atoms with Gasteiger partial charge in [0.05, 0.1) is 0 Å². The summed E-state index contributed by atoms with van der Waals surface area (Å²) in [6, 6.07) is 12.3. The molecule has 2 aliphatic heterocycles. The van der Waals surface area contributed by atoms with Crippen LogP contribution in [0.1, 0.15) is 23.5 Å². The Morgan fingerprint density at radius 2 is 1.78 bits per heavy atom. The summed E-state index contributed by atoms with van der Waals surface area (Å²) in [4.78, 5) is 13.3. The van der Waals surface area contributed by atoms with Gasteiger partial charge in [0.1, 0.15) is 13.2 Å². The highest BCUT2D eigenvalue weighted by molar-refractivity contribution is 7.98. The fourth-order valence-corrected chi connectivity index (χ4v) is 3.54. The van der Waals surface area contributed by atoms with E-state index in [2.05, 4.69) is 35.8 Å². The quantitative estimate of drug-likeness (QED) is 0.855. The smallest absolute Gasteiger partial charge is 0.225 e. The van der Waals surface area contributed by atoms with E-state index < -0.39 is 0 Å². The van der Waals surface area contributed by atoms with E-state index in [9.17, 15) is 4.79 Å².